The van der Waals surface area contributed by atoms with Crippen molar-refractivity contribution in [2.45, 2.75) is 26.4 Å². The van der Waals surface area contributed by atoms with Crippen LogP contribution in [0.25, 0.3) is 11.3 Å². The van der Waals surface area contributed by atoms with Gasteiger partial charge in [-0.2, -0.15) is 0 Å². The fraction of sp³-hybridized carbons (Fsp3) is 0.364. The molecule has 2 rings (SSSR count). The van der Waals surface area contributed by atoms with Gasteiger partial charge in [-0.25, -0.2) is 4.98 Å². The van der Waals surface area contributed by atoms with Gasteiger partial charge in [0.05, 0.1) is 10.0 Å². The van der Waals surface area contributed by atoms with E-state index in [9.17, 15) is 0 Å². The maximum absolute atomic E-state index is 5.90. The average molecular weight is 273 g/mol. The zero-order valence-electron chi connectivity index (χ0n) is 9.16. The number of halogens is 1. The van der Waals surface area contributed by atoms with Gasteiger partial charge in [0.1, 0.15) is 5.01 Å². The van der Waals surface area contributed by atoms with Gasteiger partial charge in [0.2, 0.25) is 0 Å². The van der Waals surface area contributed by atoms with Gasteiger partial charge in [0.25, 0.3) is 0 Å². The molecule has 1 N–H and O–H groups in total. The summed E-state index contributed by atoms with van der Waals surface area (Å²) in [7, 11) is 0. The Kier molecular flexibility index (Phi) is 3.97. The number of hydrogen-bond donors (Lipinski definition) is 1. The first kappa shape index (κ1) is 12.0. The highest BCUT2D eigenvalue weighted by molar-refractivity contribution is 7.14. The highest BCUT2D eigenvalue weighted by atomic mass is 35.5. The van der Waals surface area contributed by atoms with E-state index in [0.29, 0.717) is 6.04 Å². The minimum Gasteiger partial charge on any atom is -0.308 e. The van der Waals surface area contributed by atoms with E-state index in [0.717, 1.165) is 27.1 Å². The first-order valence-corrected chi connectivity index (χ1v) is 7.21. The summed E-state index contributed by atoms with van der Waals surface area (Å²) in [5.41, 5.74) is 2.13. The molecule has 0 aliphatic rings. The third kappa shape index (κ3) is 3.04. The zero-order chi connectivity index (χ0) is 11.5. The summed E-state index contributed by atoms with van der Waals surface area (Å²) in [5.74, 6) is 0. The van der Waals surface area contributed by atoms with Crippen LogP contribution in [0, 0.1) is 0 Å². The van der Waals surface area contributed by atoms with Crippen LogP contribution in [-0.2, 0) is 6.54 Å². The first-order chi connectivity index (χ1) is 7.65. The maximum atomic E-state index is 5.90. The van der Waals surface area contributed by atoms with Crippen LogP contribution in [-0.4, -0.2) is 11.0 Å². The van der Waals surface area contributed by atoms with Crippen molar-refractivity contribution in [2.24, 2.45) is 0 Å². The first-order valence-electron chi connectivity index (χ1n) is 5.07. The van der Waals surface area contributed by atoms with Crippen molar-refractivity contribution in [3.63, 3.8) is 0 Å². The molecule has 0 amide bonds. The van der Waals surface area contributed by atoms with Gasteiger partial charge in [-0.1, -0.05) is 25.4 Å². The Morgan fingerprint density at radius 1 is 1.38 bits per heavy atom. The lowest BCUT2D eigenvalue weighted by molar-refractivity contribution is 0.587. The Morgan fingerprint density at radius 3 is 2.81 bits per heavy atom. The molecule has 0 aliphatic heterocycles. The Bertz CT molecular complexity index is 462. The van der Waals surface area contributed by atoms with Crippen LogP contribution < -0.4 is 5.32 Å². The molecule has 0 aliphatic carbocycles. The number of thiophene rings is 1. The van der Waals surface area contributed by atoms with Crippen LogP contribution in [0.5, 0.6) is 0 Å². The van der Waals surface area contributed by atoms with Gasteiger partial charge >= 0.3 is 0 Å². The van der Waals surface area contributed by atoms with E-state index in [2.05, 4.69) is 29.5 Å². The predicted molar refractivity (Wildman–Crippen MR) is 72.4 cm³/mol. The molecule has 0 saturated heterocycles. The number of rotatable bonds is 4. The molecule has 0 unspecified atom stereocenters. The second-order valence-corrected chi connectivity index (χ2v) is 6.29. The molecule has 0 aromatic carbocycles. The van der Waals surface area contributed by atoms with E-state index in [1.807, 2.05) is 11.4 Å². The topological polar surface area (TPSA) is 24.9 Å². The Labute approximate surface area is 108 Å². The van der Waals surface area contributed by atoms with E-state index in [1.165, 1.54) is 0 Å². The van der Waals surface area contributed by atoms with Gasteiger partial charge in [-0.15, -0.1) is 22.7 Å². The molecule has 2 aromatic heterocycles. The smallest absolute Gasteiger partial charge is 0.107 e. The van der Waals surface area contributed by atoms with Gasteiger partial charge < -0.3 is 5.32 Å². The van der Waals surface area contributed by atoms with E-state index >= 15 is 0 Å². The molecular formula is C11H13ClN2S2. The third-order valence-electron chi connectivity index (χ3n) is 2.08. The second kappa shape index (κ2) is 5.27. The van der Waals surface area contributed by atoms with Crippen LogP contribution in [0.1, 0.15) is 18.9 Å². The number of hydrogen-bond acceptors (Lipinski definition) is 4. The SMILES string of the molecule is CC(C)NCc1nc(-c2csc(Cl)c2)cs1. The minimum atomic E-state index is 0.489. The van der Waals surface area contributed by atoms with E-state index in [4.69, 9.17) is 11.6 Å². The standard InChI is InChI=1S/C11H13ClN2S2/c1-7(2)13-4-11-14-9(6-16-11)8-3-10(12)15-5-8/h3,5-7,13H,4H2,1-2H3. The van der Waals surface area contributed by atoms with Crippen molar-refractivity contribution in [3.05, 3.63) is 26.2 Å². The normalized spacial score (nSPS) is 11.2. The molecule has 2 nitrogen and oxygen atoms in total. The van der Waals surface area contributed by atoms with Crippen molar-refractivity contribution in [3.8, 4) is 11.3 Å². The Hall–Kier alpha value is -0.420. The Balaban J connectivity index is 2.07. The van der Waals surface area contributed by atoms with Crippen LogP contribution in [0.4, 0.5) is 0 Å². The number of nitrogens with one attached hydrogen (secondary N) is 1. The molecule has 0 radical (unpaired) electrons. The van der Waals surface area contributed by atoms with Crippen molar-refractivity contribution in [1.29, 1.82) is 0 Å². The van der Waals surface area contributed by atoms with Crippen LogP contribution in [0.3, 0.4) is 0 Å². The van der Waals surface area contributed by atoms with Crippen molar-refractivity contribution >= 4 is 34.3 Å². The van der Waals surface area contributed by atoms with Gasteiger partial charge in [0, 0.05) is 28.9 Å². The van der Waals surface area contributed by atoms with Gasteiger partial charge in [-0.3, -0.25) is 0 Å². The molecule has 0 spiro atoms. The summed E-state index contributed by atoms with van der Waals surface area (Å²) < 4.78 is 0.810. The predicted octanol–water partition coefficient (Wildman–Crippen LogP) is 4.02. The second-order valence-electron chi connectivity index (χ2n) is 3.80. The summed E-state index contributed by atoms with van der Waals surface area (Å²) in [5, 5.41) is 8.59. The van der Waals surface area contributed by atoms with Gasteiger partial charge in [0.15, 0.2) is 0 Å². The van der Waals surface area contributed by atoms with Crippen molar-refractivity contribution in [1.82, 2.24) is 10.3 Å². The molecule has 86 valence electrons. The number of nitrogens with zero attached hydrogens (tertiary/aromatic N) is 1. The molecule has 0 saturated carbocycles. The highest BCUT2D eigenvalue weighted by Crippen LogP contribution is 2.29. The summed E-state index contributed by atoms with van der Waals surface area (Å²) in [6.45, 7) is 5.10. The molecule has 0 bridgehead atoms. The molecule has 2 heterocycles. The summed E-state index contributed by atoms with van der Waals surface area (Å²) >= 11 is 9.13. The molecule has 0 atom stereocenters. The maximum Gasteiger partial charge on any atom is 0.107 e. The third-order valence-corrected chi connectivity index (χ3v) is 4.02. The highest BCUT2D eigenvalue weighted by Gasteiger charge is 2.06. The molecular weight excluding hydrogens is 260 g/mol. The van der Waals surface area contributed by atoms with Crippen LogP contribution >= 0.6 is 34.3 Å². The fourth-order valence-corrected chi connectivity index (χ4v) is 2.89. The number of thiazole rings is 1. The minimum absolute atomic E-state index is 0.489. The largest absolute Gasteiger partial charge is 0.308 e. The van der Waals surface area contributed by atoms with E-state index < -0.39 is 0 Å². The lowest BCUT2D eigenvalue weighted by Crippen LogP contribution is -2.21. The summed E-state index contributed by atoms with van der Waals surface area (Å²) in [6.07, 6.45) is 0. The lowest BCUT2D eigenvalue weighted by atomic mass is 10.3. The quantitative estimate of drug-likeness (QED) is 0.909. The van der Waals surface area contributed by atoms with E-state index in [1.54, 1.807) is 22.7 Å². The summed E-state index contributed by atoms with van der Waals surface area (Å²) in [6, 6.07) is 2.45. The molecule has 16 heavy (non-hydrogen) atoms. The molecule has 5 heteroatoms. The lowest BCUT2D eigenvalue weighted by Gasteiger charge is -2.04. The van der Waals surface area contributed by atoms with Crippen LogP contribution in [0.15, 0.2) is 16.8 Å². The summed E-state index contributed by atoms with van der Waals surface area (Å²) in [4.78, 5) is 4.57. The monoisotopic (exact) mass is 272 g/mol. The molecule has 2 aromatic rings. The average Bonchev–Trinajstić information content (AvgIpc) is 2.83. The zero-order valence-corrected chi connectivity index (χ0v) is 11.5. The number of aromatic nitrogens is 1. The van der Waals surface area contributed by atoms with Gasteiger partial charge in [-0.05, 0) is 6.07 Å². The van der Waals surface area contributed by atoms with Crippen molar-refractivity contribution in [2.75, 3.05) is 0 Å². The molecule has 0 fully saturated rings. The van der Waals surface area contributed by atoms with Crippen LogP contribution in [0.2, 0.25) is 4.34 Å². The van der Waals surface area contributed by atoms with E-state index in [-0.39, 0.29) is 0 Å². The fourth-order valence-electron chi connectivity index (χ4n) is 1.26. The Morgan fingerprint density at radius 2 is 2.19 bits per heavy atom. The van der Waals surface area contributed by atoms with Crippen molar-refractivity contribution < 1.29 is 0 Å².